The molecule has 1 aromatic rings. The summed E-state index contributed by atoms with van der Waals surface area (Å²) in [5.74, 6) is -0.899. The lowest BCUT2D eigenvalue weighted by atomic mass is 10.0. The summed E-state index contributed by atoms with van der Waals surface area (Å²) in [6.45, 7) is 1.53. The van der Waals surface area contributed by atoms with Crippen molar-refractivity contribution in [3.63, 3.8) is 0 Å². The number of amides is 2. The zero-order valence-corrected chi connectivity index (χ0v) is 10.8. The van der Waals surface area contributed by atoms with Gasteiger partial charge in [0.2, 0.25) is 0 Å². The van der Waals surface area contributed by atoms with Crippen LogP contribution < -0.4 is 5.32 Å². The van der Waals surface area contributed by atoms with Crippen molar-refractivity contribution in [2.24, 2.45) is 0 Å². The normalized spacial score (nSPS) is 14.4. The molecule has 0 unspecified atom stereocenters. The van der Waals surface area contributed by atoms with Crippen molar-refractivity contribution in [1.82, 2.24) is 10.2 Å². The van der Waals surface area contributed by atoms with E-state index in [1.165, 1.54) is 11.1 Å². The molecule has 1 heterocycles. The van der Waals surface area contributed by atoms with Crippen LogP contribution in [0.25, 0.3) is 0 Å². The molecule has 2 amide bonds. The van der Waals surface area contributed by atoms with E-state index in [4.69, 9.17) is 5.11 Å². The molecule has 2 rings (SSSR count). The molecule has 0 saturated heterocycles. The van der Waals surface area contributed by atoms with Crippen molar-refractivity contribution in [3.8, 4) is 0 Å². The Morgan fingerprint density at radius 3 is 2.26 bits per heavy atom. The van der Waals surface area contributed by atoms with E-state index in [1.54, 1.807) is 4.90 Å². The lowest BCUT2D eigenvalue weighted by molar-refractivity contribution is -0.136. The summed E-state index contributed by atoms with van der Waals surface area (Å²) < 4.78 is 0. The molecule has 0 aliphatic carbocycles. The summed E-state index contributed by atoms with van der Waals surface area (Å²) in [5, 5.41) is 11.2. The van der Waals surface area contributed by atoms with Crippen LogP contribution in [-0.4, -0.2) is 41.6 Å². The predicted octanol–water partition coefficient (Wildman–Crippen LogP) is 1.27. The molecule has 19 heavy (non-hydrogen) atoms. The monoisotopic (exact) mass is 262 g/mol. The van der Waals surface area contributed by atoms with Crippen LogP contribution in [0, 0.1) is 0 Å². The van der Waals surface area contributed by atoms with Crippen LogP contribution in [0.1, 0.15) is 17.5 Å². The van der Waals surface area contributed by atoms with Crippen LogP contribution in [0.3, 0.4) is 0 Å². The average Bonchev–Trinajstić information content (AvgIpc) is 2.60. The van der Waals surface area contributed by atoms with E-state index in [9.17, 15) is 9.59 Å². The van der Waals surface area contributed by atoms with E-state index in [1.807, 2.05) is 12.1 Å². The van der Waals surface area contributed by atoms with E-state index in [-0.39, 0.29) is 19.0 Å². The second-order valence-corrected chi connectivity index (χ2v) is 4.63. The van der Waals surface area contributed by atoms with Gasteiger partial charge in [0.1, 0.15) is 0 Å². The maximum absolute atomic E-state index is 11.9. The molecule has 0 atom stereocenters. The van der Waals surface area contributed by atoms with Crippen molar-refractivity contribution in [1.29, 1.82) is 0 Å². The number of carboxylic acids is 1. The highest BCUT2D eigenvalue weighted by atomic mass is 16.4. The molecule has 1 aliphatic rings. The number of hydrogen-bond donors (Lipinski definition) is 2. The first-order valence-electron chi connectivity index (χ1n) is 6.48. The van der Waals surface area contributed by atoms with Gasteiger partial charge in [-0.15, -0.1) is 0 Å². The molecule has 5 heteroatoms. The molecule has 2 N–H and O–H groups in total. The van der Waals surface area contributed by atoms with Crippen molar-refractivity contribution < 1.29 is 14.7 Å². The molecule has 1 aromatic carbocycles. The number of hydrogen-bond acceptors (Lipinski definition) is 2. The Labute approximate surface area is 112 Å². The minimum atomic E-state index is -0.899. The van der Waals surface area contributed by atoms with Gasteiger partial charge in [-0.3, -0.25) is 4.79 Å². The summed E-state index contributed by atoms with van der Waals surface area (Å²) in [5.41, 5.74) is 2.59. The van der Waals surface area contributed by atoms with Gasteiger partial charge < -0.3 is 15.3 Å². The summed E-state index contributed by atoms with van der Waals surface area (Å²) >= 11 is 0. The quantitative estimate of drug-likeness (QED) is 0.862. The number of rotatable bonds is 3. The molecule has 102 valence electrons. The predicted molar refractivity (Wildman–Crippen MR) is 71.1 cm³/mol. The Morgan fingerprint density at radius 1 is 1.16 bits per heavy atom. The molecular formula is C14H18N2O3. The maximum atomic E-state index is 11.9. The van der Waals surface area contributed by atoms with Gasteiger partial charge >= 0.3 is 12.0 Å². The molecule has 5 nitrogen and oxygen atoms in total. The minimum absolute atomic E-state index is 0.0419. The van der Waals surface area contributed by atoms with Crippen LogP contribution in [0.2, 0.25) is 0 Å². The number of nitrogens with one attached hydrogen (secondary N) is 1. The highest BCUT2D eigenvalue weighted by Crippen LogP contribution is 2.15. The van der Waals surface area contributed by atoms with Gasteiger partial charge in [-0.1, -0.05) is 24.3 Å². The number of urea groups is 1. The van der Waals surface area contributed by atoms with E-state index in [0.29, 0.717) is 13.1 Å². The average molecular weight is 262 g/mol. The lowest BCUT2D eigenvalue weighted by Crippen LogP contribution is -2.42. The first kappa shape index (κ1) is 13.4. The first-order chi connectivity index (χ1) is 9.16. The highest BCUT2D eigenvalue weighted by Gasteiger charge is 2.17. The molecule has 0 spiro atoms. The van der Waals surface area contributed by atoms with Crippen LogP contribution in [0.4, 0.5) is 4.79 Å². The van der Waals surface area contributed by atoms with E-state index >= 15 is 0 Å². The molecule has 1 aliphatic heterocycles. The fourth-order valence-electron chi connectivity index (χ4n) is 2.26. The number of fused-ring (bicyclic) bond motifs is 1. The second-order valence-electron chi connectivity index (χ2n) is 4.63. The molecule has 0 bridgehead atoms. The number of carboxylic acid groups (broad SMARTS) is 1. The molecule has 0 saturated carbocycles. The van der Waals surface area contributed by atoms with Crippen LogP contribution in [0.5, 0.6) is 0 Å². The van der Waals surface area contributed by atoms with E-state index in [0.717, 1.165) is 12.8 Å². The van der Waals surface area contributed by atoms with Crippen molar-refractivity contribution in [3.05, 3.63) is 35.4 Å². The third-order valence-electron chi connectivity index (χ3n) is 3.32. The van der Waals surface area contributed by atoms with Crippen molar-refractivity contribution >= 4 is 12.0 Å². The third-order valence-corrected chi connectivity index (χ3v) is 3.32. The van der Waals surface area contributed by atoms with Gasteiger partial charge in [-0.05, 0) is 24.0 Å². The Kier molecular flexibility index (Phi) is 4.39. The summed E-state index contributed by atoms with van der Waals surface area (Å²) in [4.78, 5) is 24.1. The smallest absolute Gasteiger partial charge is 0.317 e. The van der Waals surface area contributed by atoms with Gasteiger partial charge in [0.15, 0.2) is 0 Å². The fraction of sp³-hybridized carbons (Fsp3) is 0.429. The van der Waals surface area contributed by atoms with Crippen molar-refractivity contribution in [2.45, 2.75) is 19.3 Å². The van der Waals surface area contributed by atoms with Gasteiger partial charge in [-0.2, -0.15) is 0 Å². The number of carbonyl (C=O) groups excluding carboxylic acids is 1. The van der Waals surface area contributed by atoms with Crippen molar-refractivity contribution in [2.75, 3.05) is 19.6 Å². The van der Waals surface area contributed by atoms with E-state index in [2.05, 4.69) is 17.4 Å². The SMILES string of the molecule is O=C(O)CCNC(=O)N1CCc2ccccc2CC1. The van der Waals surface area contributed by atoms with Gasteiger partial charge in [0.25, 0.3) is 0 Å². The van der Waals surface area contributed by atoms with Gasteiger partial charge in [-0.25, -0.2) is 4.79 Å². The third kappa shape index (κ3) is 3.71. The highest BCUT2D eigenvalue weighted by molar-refractivity contribution is 5.75. The summed E-state index contributed by atoms with van der Waals surface area (Å²) in [7, 11) is 0. The summed E-state index contributed by atoms with van der Waals surface area (Å²) in [6, 6.07) is 8.06. The lowest BCUT2D eigenvalue weighted by Gasteiger charge is -2.20. The Bertz CT molecular complexity index is 447. The number of carbonyl (C=O) groups is 2. The Hall–Kier alpha value is -2.04. The molecule has 0 fully saturated rings. The van der Waals surface area contributed by atoms with E-state index < -0.39 is 5.97 Å². The first-order valence-corrected chi connectivity index (χ1v) is 6.48. The number of benzene rings is 1. The second kappa shape index (κ2) is 6.22. The standard InChI is InChI=1S/C14H18N2O3/c17-13(18)5-8-15-14(19)16-9-6-11-3-1-2-4-12(11)7-10-16/h1-4H,5-10H2,(H,15,19)(H,17,18). The number of aliphatic carboxylic acids is 1. The molecule has 0 aromatic heterocycles. The topological polar surface area (TPSA) is 69.6 Å². The van der Waals surface area contributed by atoms with Gasteiger partial charge in [0, 0.05) is 19.6 Å². The molecular weight excluding hydrogens is 244 g/mol. The van der Waals surface area contributed by atoms with Crippen LogP contribution >= 0.6 is 0 Å². The van der Waals surface area contributed by atoms with Gasteiger partial charge in [0.05, 0.1) is 6.42 Å². The summed E-state index contributed by atoms with van der Waals surface area (Å²) in [6.07, 6.45) is 1.66. The van der Waals surface area contributed by atoms with Crippen LogP contribution in [0.15, 0.2) is 24.3 Å². The number of nitrogens with zero attached hydrogens (tertiary/aromatic N) is 1. The maximum Gasteiger partial charge on any atom is 0.317 e. The van der Waals surface area contributed by atoms with Crippen LogP contribution in [-0.2, 0) is 17.6 Å². The fourth-order valence-corrected chi connectivity index (χ4v) is 2.26. The Morgan fingerprint density at radius 2 is 1.74 bits per heavy atom. The Balaban J connectivity index is 1.87. The molecule has 0 radical (unpaired) electrons. The zero-order valence-electron chi connectivity index (χ0n) is 10.8. The zero-order chi connectivity index (χ0) is 13.7. The minimum Gasteiger partial charge on any atom is -0.481 e. The largest absolute Gasteiger partial charge is 0.481 e.